The molecular weight excluding hydrogens is 518 g/mol. The number of aryl methyl sites for hydroxylation is 1. The van der Waals surface area contributed by atoms with Crippen molar-refractivity contribution in [2.45, 2.75) is 30.3 Å². The van der Waals surface area contributed by atoms with Crippen LogP contribution in [0, 0.1) is 0 Å². The molecular formula is C33H35N3O3S. The first-order valence-corrected chi connectivity index (χ1v) is 15.2. The first-order valence-electron chi connectivity index (χ1n) is 13.7. The van der Waals surface area contributed by atoms with Gasteiger partial charge in [0.05, 0.1) is 10.9 Å². The van der Waals surface area contributed by atoms with Crippen LogP contribution in [0.1, 0.15) is 34.7 Å². The number of carbonyl (C=O) groups excluding carboxylic acids is 1. The summed E-state index contributed by atoms with van der Waals surface area (Å²) >= 11 is 0. The summed E-state index contributed by atoms with van der Waals surface area (Å²) in [5.74, 6) is 0.136. The maximum absolute atomic E-state index is 13.0. The average Bonchev–Trinajstić information content (AvgIpc) is 3.01. The van der Waals surface area contributed by atoms with Gasteiger partial charge in [0, 0.05) is 39.1 Å². The molecule has 4 aromatic carbocycles. The maximum Gasteiger partial charge on any atom is 0.240 e. The number of rotatable bonds is 10. The number of amides is 1. The molecule has 206 valence electrons. The molecule has 4 aromatic rings. The van der Waals surface area contributed by atoms with E-state index in [4.69, 9.17) is 0 Å². The Morgan fingerprint density at radius 1 is 0.675 bits per heavy atom. The van der Waals surface area contributed by atoms with E-state index in [1.165, 1.54) is 11.1 Å². The van der Waals surface area contributed by atoms with E-state index in [0.717, 1.165) is 24.2 Å². The molecule has 1 saturated heterocycles. The third-order valence-electron chi connectivity index (χ3n) is 7.43. The van der Waals surface area contributed by atoms with Gasteiger partial charge in [0.25, 0.3) is 0 Å². The molecule has 0 unspecified atom stereocenters. The van der Waals surface area contributed by atoms with Gasteiger partial charge in [-0.3, -0.25) is 9.69 Å². The maximum atomic E-state index is 13.0. The standard InChI is InChI=1S/C33H35N3O3S/c37-32(21-18-27-16-19-31(20-17-27)40(38,39)34-26-28-10-4-1-5-11-28)35-22-24-36(25-23-35)33(29-12-6-2-7-13-29)30-14-8-3-9-15-30/h1-17,19-20,33-34H,18,21-26H2. The first kappa shape index (κ1) is 27.8. The highest BCUT2D eigenvalue weighted by Crippen LogP contribution is 2.29. The number of nitrogens with zero attached hydrogens (tertiary/aromatic N) is 2. The number of carbonyl (C=O) groups is 1. The smallest absolute Gasteiger partial charge is 0.240 e. The van der Waals surface area contributed by atoms with Crippen LogP contribution in [0.4, 0.5) is 0 Å². The molecule has 0 atom stereocenters. The number of hydrogen-bond acceptors (Lipinski definition) is 4. The number of sulfonamides is 1. The summed E-state index contributed by atoms with van der Waals surface area (Å²) in [6.07, 6.45) is 0.979. The Bertz CT molecular complexity index is 1430. The van der Waals surface area contributed by atoms with Gasteiger partial charge in [-0.2, -0.15) is 0 Å². The van der Waals surface area contributed by atoms with Crippen LogP contribution in [0.5, 0.6) is 0 Å². The highest BCUT2D eigenvalue weighted by atomic mass is 32.2. The summed E-state index contributed by atoms with van der Waals surface area (Å²) in [5, 5.41) is 0. The second-order valence-electron chi connectivity index (χ2n) is 10.1. The van der Waals surface area contributed by atoms with Crippen LogP contribution in [-0.4, -0.2) is 50.3 Å². The van der Waals surface area contributed by atoms with Gasteiger partial charge >= 0.3 is 0 Å². The topological polar surface area (TPSA) is 69.7 Å². The van der Waals surface area contributed by atoms with Gasteiger partial charge in [0.1, 0.15) is 0 Å². The lowest BCUT2D eigenvalue weighted by Crippen LogP contribution is -2.49. The molecule has 1 heterocycles. The van der Waals surface area contributed by atoms with Crippen molar-refractivity contribution in [2.75, 3.05) is 26.2 Å². The predicted octanol–water partition coefficient (Wildman–Crippen LogP) is 5.03. The van der Waals surface area contributed by atoms with Crippen molar-refractivity contribution in [1.82, 2.24) is 14.5 Å². The number of piperazine rings is 1. The molecule has 0 aromatic heterocycles. The molecule has 0 saturated carbocycles. The first-order chi connectivity index (χ1) is 19.5. The minimum atomic E-state index is -3.61. The van der Waals surface area contributed by atoms with Crippen LogP contribution in [0.2, 0.25) is 0 Å². The number of benzene rings is 4. The van der Waals surface area contributed by atoms with E-state index >= 15 is 0 Å². The fourth-order valence-corrected chi connectivity index (χ4v) is 6.23. The molecule has 0 radical (unpaired) electrons. The van der Waals surface area contributed by atoms with E-state index in [0.29, 0.717) is 25.9 Å². The van der Waals surface area contributed by atoms with E-state index in [1.807, 2.05) is 47.4 Å². The third-order valence-corrected chi connectivity index (χ3v) is 8.85. The fourth-order valence-electron chi connectivity index (χ4n) is 5.22. The molecule has 1 amide bonds. The van der Waals surface area contributed by atoms with Gasteiger partial charge in [0.15, 0.2) is 0 Å². The molecule has 7 heteroatoms. The number of hydrogen-bond donors (Lipinski definition) is 1. The molecule has 0 bridgehead atoms. The van der Waals surface area contributed by atoms with Gasteiger partial charge < -0.3 is 4.90 Å². The Balaban J connectivity index is 1.13. The molecule has 0 aliphatic carbocycles. The van der Waals surface area contributed by atoms with E-state index in [-0.39, 0.29) is 23.4 Å². The lowest BCUT2D eigenvalue weighted by atomic mass is 9.96. The summed E-state index contributed by atoms with van der Waals surface area (Å²) in [4.78, 5) is 17.7. The Labute approximate surface area is 237 Å². The van der Waals surface area contributed by atoms with Crippen molar-refractivity contribution in [1.29, 1.82) is 0 Å². The quantitative estimate of drug-likeness (QED) is 0.299. The Hall–Kier alpha value is -3.78. The van der Waals surface area contributed by atoms with Crippen LogP contribution < -0.4 is 4.72 Å². The Morgan fingerprint density at radius 3 is 1.75 bits per heavy atom. The lowest BCUT2D eigenvalue weighted by molar-refractivity contribution is -0.133. The third kappa shape index (κ3) is 7.04. The monoisotopic (exact) mass is 553 g/mol. The minimum absolute atomic E-state index is 0.136. The van der Waals surface area contributed by atoms with Crippen LogP contribution in [0.25, 0.3) is 0 Å². The van der Waals surface area contributed by atoms with E-state index in [1.54, 1.807) is 24.3 Å². The van der Waals surface area contributed by atoms with Gasteiger partial charge in [-0.05, 0) is 40.8 Å². The molecule has 40 heavy (non-hydrogen) atoms. The molecule has 1 N–H and O–H groups in total. The summed E-state index contributed by atoms with van der Waals surface area (Å²) < 4.78 is 28.0. The van der Waals surface area contributed by atoms with E-state index < -0.39 is 10.0 Å². The highest BCUT2D eigenvalue weighted by Gasteiger charge is 2.28. The lowest BCUT2D eigenvalue weighted by Gasteiger charge is -2.40. The molecule has 0 spiro atoms. The molecule has 6 nitrogen and oxygen atoms in total. The van der Waals surface area contributed by atoms with Crippen LogP contribution in [0.15, 0.2) is 120 Å². The van der Waals surface area contributed by atoms with Gasteiger partial charge in [0.2, 0.25) is 15.9 Å². The van der Waals surface area contributed by atoms with Crippen molar-refractivity contribution in [3.8, 4) is 0 Å². The zero-order valence-electron chi connectivity index (χ0n) is 22.5. The molecule has 5 rings (SSSR count). The van der Waals surface area contributed by atoms with Gasteiger partial charge in [-0.15, -0.1) is 0 Å². The predicted molar refractivity (Wildman–Crippen MR) is 158 cm³/mol. The van der Waals surface area contributed by atoms with E-state index in [9.17, 15) is 13.2 Å². The van der Waals surface area contributed by atoms with Crippen molar-refractivity contribution < 1.29 is 13.2 Å². The SMILES string of the molecule is O=C(CCc1ccc(S(=O)(=O)NCc2ccccc2)cc1)N1CCN(C(c2ccccc2)c2ccccc2)CC1. The largest absolute Gasteiger partial charge is 0.340 e. The van der Waals surface area contributed by atoms with Gasteiger partial charge in [-0.1, -0.05) is 103 Å². The summed E-state index contributed by atoms with van der Waals surface area (Å²) in [7, 11) is -3.61. The molecule has 1 aliphatic heterocycles. The zero-order chi connectivity index (χ0) is 27.8. The van der Waals surface area contributed by atoms with E-state index in [2.05, 4.69) is 58.2 Å². The zero-order valence-corrected chi connectivity index (χ0v) is 23.3. The minimum Gasteiger partial charge on any atom is -0.340 e. The second-order valence-corrected chi connectivity index (χ2v) is 11.9. The molecule has 1 aliphatic rings. The number of nitrogens with one attached hydrogen (secondary N) is 1. The fraction of sp³-hybridized carbons (Fsp3) is 0.242. The summed E-state index contributed by atoms with van der Waals surface area (Å²) in [6.45, 7) is 3.24. The van der Waals surface area contributed by atoms with Crippen LogP contribution in [-0.2, 0) is 27.8 Å². The molecule has 1 fully saturated rings. The van der Waals surface area contributed by atoms with Crippen LogP contribution in [0.3, 0.4) is 0 Å². The van der Waals surface area contributed by atoms with Crippen LogP contribution >= 0.6 is 0 Å². The summed E-state index contributed by atoms with van der Waals surface area (Å²) in [5.41, 5.74) is 4.36. The van der Waals surface area contributed by atoms with Gasteiger partial charge in [-0.25, -0.2) is 13.1 Å². The van der Waals surface area contributed by atoms with Crippen molar-refractivity contribution in [3.05, 3.63) is 138 Å². The van der Waals surface area contributed by atoms with Crippen molar-refractivity contribution >= 4 is 15.9 Å². The highest BCUT2D eigenvalue weighted by molar-refractivity contribution is 7.89. The average molecular weight is 554 g/mol. The summed E-state index contributed by atoms with van der Waals surface area (Å²) in [6, 6.07) is 37.5. The Kier molecular flexibility index (Phi) is 9.06. The second kappa shape index (κ2) is 13.0. The van der Waals surface area contributed by atoms with Crippen molar-refractivity contribution in [2.24, 2.45) is 0 Å². The normalized spacial score (nSPS) is 14.4. The Morgan fingerprint density at radius 2 is 1.20 bits per heavy atom. The van der Waals surface area contributed by atoms with Crippen molar-refractivity contribution in [3.63, 3.8) is 0 Å².